The smallest absolute Gasteiger partial charge is 0.304 e. The molecule has 12 nitrogen and oxygen atoms in total. The van der Waals surface area contributed by atoms with E-state index in [-0.39, 0.29) is 31.8 Å². The van der Waals surface area contributed by atoms with Gasteiger partial charge in [-0.1, -0.05) is 17.3 Å². The maximum Gasteiger partial charge on any atom is 0.304 e. The molecule has 0 saturated carbocycles. The van der Waals surface area contributed by atoms with E-state index >= 15 is 0 Å². The Balaban J connectivity index is 2.65. The van der Waals surface area contributed by atoms with E-state index in [4.69, 9.17) is 21.4 Å². The second-order valence-corrected chi connectivity index (χ2v) is 8.31. The highest BCUT2D eigenvalue weighted by Crippen LogP contribution is 2.14. The van der Waals surface area contributed by atoms with Crippen molar-refractivity contribution in [3.8, 4) is 0 Å². The molecule has 2 atom stereocenters. The minimum absolute atomic E-state index is 0.114. The van der Waals surface area contributed by atoms with Crippen molar-refractivity contribution in [2.24, 2.45) is 33.5 Å². The number of nitrogens with zero attached hydrogens (tertiary/aromatic N) is 2. The molecule has 1 aromatic carbocycles. The molecule has 0 aromatic heterocycles. The van der Waals surface area contributed by atoms with Crippen LogP contribution in [0.2, 0.25) is 0 Å². The van der Waals surface area contributed by atoms with Gasteiger partial charge in [-0.3, -0.25) is 29.0 Å². The molecule has 1 amide bonds. The van der Waals surface area contributed by atoms with Crippen molar-refractivity contribution in [1.82, 2.24) is 5.32 Å². The third kappa shape index (κ3) is 14.1. The van der Waals surface area contributed by atoms with Gasteiger partial charge < -0.3 is 26.7 Å². The molecule has 0 spiro atoms. The van der Waals surface area contributed by atoms with Crippen molar-refractivity contribution in [3.05, 3.63) is 35.6 Å². The summed E-state index contributed by atoms with van der Waals surface area (Å²) >= 11 is 0. The summed E-state index contributed by atoms with van der Waals surface area (Å²) in [5.74, 6) is -5.48. The Kier molecular flexibility index (Phi) is 13.8. The third-order valence-corrected chi connectivity index (χ3v) is 5.15. The average molecular weight is 522 g/mol. The summed E-state index contributed by atoms with van der Waals surface area (Å²) in [6, 6.07) is 5.44. The zero-order chi connectivity index (χ0) is 27.8. The number of benzene rings is 1. The molecule has 0 fully saturated rings. The van der Waals surface area contributed by atoms with Crippen LogP contribution in [0.15, 0.2) is 34.4 Å². The second kappa shape index (κ2) is 16.5. The van der Waals surface area contributed by atoms with Gasteiger partial charge in [0.1, 0.15) is 11.6 Å². The Bertz CT molecular complexity index is 1010. The number of hydrogen-bond donors (Lipinski definition) is 4. The van der Waals surface area contributed by atoms with Crippen molar-refractivity contribution >= 4 is 41.4 Å². The average Bonchev–Trinajstić information content (AvgIpc) is 2.82. The minimum atomic E-state index is -1.21. The van der Waals surface area contributed by atoms with Crippen LogP contribution < -0.4 is 16.8 Å². The maximum atomic E-state index is 12.9. The minimum Gasteiger partial charge on any atom is -0.481 e. The first-order chi connectivity index (χ1) is 17.5. The van der Waals surface area contributed by atoms with Crippen LogP contribution in [0.3, 0.4) is 0 Å². The van der Waals surface area contributed by atoms with E-state index in [9.17, 15) is 28.4 Å². The Hall–Kier alpha value is -4.16. The van der Waals surface area contributed by atoms with E-state index in [0.717, 1.165) is 0 Å². The monoisotopic (exact) mass is 521 g/mol. The van der Waals surface area contributed by atoms with Gasteiger partial charge >= 0.3 is 5.97 Å². The lowest BCUT2D eigenvalue weighted by atomic mass is 9.94. The number of hydrogen-bond acceptors (Lipinski definition) is 8. The van der Waals surface area contributed by atoms with Crippen molar-refractivity contribution in [1.29, 1.82) is 0 Å². The first-order valence-electron chi connectivity index (χ1n) is 11.5. The van der Waals surface area contributed by atoms with Crippen LogP contribution in [0.4, 0.5) is 4.39 Å². The standard InChI is InChI=1S/C24H32FN5O7/c1-15(31)18(11-22(34)35)10-20(32)13-29-23(36)17(3-2-8-28-24(26)27)9-21(33)14-37-30-12-16-4-6-19(25)7-5-16/h4-7,12,17-18H,2-3,8-11,13-14H2,1H3,(H,29,36)(H,34,35)(H4,26,27,28)/b30-12+. The number of aliphatic carboxylic acids is 1. The predicted molar refractivity (Wildman–Crippen MR) is 132 cm³/mol. The fourth-order valence-electron chi connectivity index (χ4n) is 3.21. The van der Waals surface area contributed by atoms with E-state index in [2.05, 4.69) is 15.5 Å². The first kappa shape index (κ1) is 30.9. The molecule has 13 heteroatoms. The van der Waals surface area contributed by atoms with Gasteiger partial charge in [-0.15, -0.1) is 0 Å². The van der Waals surface area contributed by atoms with E-state index in [1.54, 1.807) is 0 Å². The number of nitrogens with two attached hydrogens (primary N) is 2. The third-order valence-electron chi connectivity index (χ3n) is 5.15. The number of aliphatic imine (C=N–C) groups is 1. The zero-order valence-corrected chi connectivity index (χ0v) is 20.5. The molecule has 0 heterocycles. The SMILES string of the molecule is CC(=O)C(CC(=O)O)CC(=O)CNC(=O)C(CCCN=C(N)N)CC(=O)CO/N=C/c1ccc(F)cc1. The molecule has 0 radical (unpaired) electrons. The zero-order valence-electron chi connectivity index (χ0n) is 20.5. The van der Waals surface area contributed by atoms with E-state index < -0.39 is 66.5 Å². The number of Topliss-reactive ketones (excluding diaryl/α,β-unsaturated/α-hetero) is 3. The Morgan fingerprint density at radius 2 is 1.70 bits per heavy atom. The lowest BCUT2D eigenvalue weighted by Crippen LogP contribution is -2.37. The van der Waals surface area contributed by atoms with Crippen molar-refractivity contribution in [2.75, 3.05) is 19.7 Å². The van der Waals surface area contributed by atoms with Gasteiger partial charge in [-0.05, 0) is 37.5 Å². The molecule has 202 valence electrons. The molecule has 1 rings (SSSR count). The normalized spacial score (nSPS) is 12.4. The molecule has 0 saturated heterocycles. The number of carboxylic acids is 1. The number of amides is 1. The number of rotatable bonds is 18. The quantitative estimate of drug-likeness (QED) is 0.0920. The molecule has 1 aromatic rings. The fraction of sp³-hybridized carbons (Fsp3) is 0.458. The summed E-state index contributed by atoms with van der Waals surface area (Å²) in [6.07, 6.45) is 0.901. The molecule has 6 N–H and O–H groups in total. The van der Waals surface area contributed by atoms with Crippen LogP contribution in [0.1, 0.15) is 44.6 Å². The lowest BCUT2D eigenvalue weighted by molar-refractivity contribution is -0.141. The summed E-state index contributed by atoms with van der Waals surface area (Å²) < 4.78 is 12.9. The highest BCUT2D eigenvalue weighted by molar-refractivity contribution is 5.93. The van der Waals surface area contributed by atoms with Gasteiger partial charge in [0.15, 0.2) is 24.1 Å². The van der Waals surface area contributed by atoms with Gasteiger partial charge in [0.05, 0.1) is 19.2 Å². The molecular formula is C24H32FN5O7. The summed E-state index contributed by atoms with van der Waals surface area (Å²) in [7, 11) is 0. The number of carboxylic acid groups (broad SMARTS) is 1. The van der Waals surface area contributed by atoms with Gasteiger partial charge in [0, 0.05) is 31.2 Å². The number of oxime groups is 1. The van der Waals surface area contributed by atoms with Crippen LogP contribution in [0, 0.1) is 17.7 Å². The predicted octanol–water partition coefficient (Wildman–Crippen LogP) is 0.561. The molecule has 0 aliphatic rings. The van der Waals surface area contributed by atoms with E-state index in [1.807, 2.05) is 0 Å². The molecular weight excluding hydrogens is 489 g/mol. The molecule has 0 aliphatic heterocycles. The van der Waals surface area contributed by atoms with Crippen LogP contribution in [0.25, 0.3) is 0 Å². The molecule has 37 heavy (non-hydrogen) atoms. The van der Waals surface area contributed by atoms with Crippen molar-refractivity contribution in [2.45, 2.75) is 39.0 Å². The molecule has 0 bridgehead atoms. The van der Waals surface area contributed by atoms with Crippen molar-refractivity contribution in [3.63, 3.8) is 0 Å². The topological polar surface area (TPSA) is 204 Å². The Labute approximate surface area is 213 Å². The largest absolute Gasteiger partial charge is 0.481 e. The summed E-state index contributed by atoms with van der Waals surface area (Å²) in [5.41, 5.74) is 11.1. The second-order valence-electron chi connectivity index (χ2n) is 8.31. The van der Waals surface area contributed by atoms with Gasteiger partial charge in [-0.25, -0.2) is 4.39 Å². The number of halogens is 1. The Morgan fingerprint density at radius 3 is 2.30 bits per heavy atom. The Morgan fingerprint density at radius 1 is 1.05 bits per heavy atom. The molecule has 0 aliphatic carbocycles. The first-order valence-corrected chi connectivity index (χ1v) is 11.5. The van der Waals surface area contributed by atoms with Crippen LogP contribution in [0.5, 0.6) is 0 Å². The number of guanidine groups is 1. The van der Waals surface area contributed by atoms with Crippen LogP contribution in [-0.4, -0.2) is 66.2 Å². The highest BCUT2D eigenvalue weighted by atomic mass is 19.1. The lowest BCUT2D eigenvalue weighted by Gasteiger charge is -2.16. The number of ketones is 3. The summed E-state index contributed by atoms with van der Waals surface area (Å²) in [6.45, 7) is 0.597. The van der Waals surface area contributed by atoms with Crippen LogP contribution in [-0.2, 0) is 28.8 Å². The van der Waals surface area contributed by atoms with Gasteiger partial charge in [0.25, 0.3) is 0 Å². The highest BCUT2D eigenvalue weighted by Gasteiger charge is 2.25. The van der Waals surface area contributed by atoms with Gasteiger partial charge in [0.2, 0.25) is 5.91 Å². The van der Waals surface area contributed by atoms with E-state index in [1.165, 1.54) is 37.4 Å². The van der Waals surface area contributed by atoms with Gasteiger partial charge in [-0.2, -0.15) is 0 Å². The number of carbonyl (C=O) groups excluding carboxylic acids is 4. The fourth-order valence-corrected chi connectivity index (χ4v) is 3.21. The van der Waals surface area contributed by atoms with E-state index in [0.29, 0.717) is 12.0 Å². The molecule has 2 unspecified atom stereocenters. The number of carbonyl (C=O) groups is 5. The summed E-state index contributed by atoms with van der Waals surface area (Å²) in [4.78, 5) is 68.5. The van der Waals surface area contributed by atoms with Crippen molar-refractivity contribution < 1.29 is 38.3 Å². The number of nitrogens with one attached hydrogen (secondary N) is 1. The summed E-state index contributed by atoms with van der Waals surface area (Å²) in [5, 5.41) is 15.0. The maximum absolute atomic E-state index is 12.9. The van der Waals surface area contributed by atoms with Crippen LogP contribution >= 0.6 is 0 Å².